The van der Waals surface area contributed by atoms with Gasteiger partial charge in [-0.3, -0.25) is 4.68 Å². The van der Waals surface area contributed by atoms with E-state index in [1.807, 2.05) is 16.9 Å². The van der Waals surface area contributed by atoms with Gasteiger partial charge in [0.2, 0.25) is 5.95 Å². The Morgan fingerprint density at radius 2 is 2.33 bits per heavy atom. The molecule has 0 spiro atoms. The first-order chi connectivity index (χ1) is 7.34. The minimum absolute atomic E-state index is 0.473. The first kappa shape index (κ1) is 9.64. The lowest BCUT2D eigenvalue weighted by atomic mass is 10.4. The van der Waals surface area contributed by atoms with Gasteiger partial charge in [0.05, 0.1) is 6.54 Å². The summed E-state index contributed by atoms with van der Waals surface area (Å²) in [4.78, 5) is 3.47. The van der Waals surface area contributed by atoms with Gasteiger partial charge in [-0.2, -0.15) is 9.49 Å². The van der Waals surface area contributed by atoms with Crippen molar-refractivity contribution in [3.8, 4) is 0 Å². The summed E-state index contributed by atoms with van der Waals surface area (Å²) in [6.07, 6.45) is 5.05. The summed E-state index contributed by atoms with van der Waals surface area (Å²) in [5.41, 5.74) is 0.731. The van der Waals surface area contributed by atoms with Gasteiger partial charge in [-0.25, -0.2) is 4.98 Å². The quantitative estimate of drug-likeness (QED) is 0.771. The summed E-state index contributed by atoms with van der Waals surface area (Å²) in [7, 11) is 0. The molecule has 0 fully saturated rings. The maximum absolute atomic E-state index is 12.7. The highest BCUT2D eigenvalue weighted by Crippen LogP contribution is 2.05. The van der Waals surface area contributed by atoms with Gasteiger partial charge < -0.3 is 5.32 Å². The summed E-state index contributed by atoms with van der Waals surface area (Å²) in [6.45, 7) is 1.45. The zero-order valence-corrected chi connectivity index (χ0v) is 8.10. The molecule has 0 bridgehead atoms. The van der Waals surface area contributed by atoms with Crippen LogP contribution in [-0.2, 0) is 6.54 Å². The molecule has 2 heterocycles. The number of nitrogens with one attached hydrogen (secondary N) is 1. The Bertz CT molecular complexity index is 413. The second-order valence-corrected chi connectivity index (χ2v) is 3.06. The number of pyridine rings is 1. The van der Waals surface area contributed by atoms with Crippen molar-refractivity contribution in [2.75, 3.05) is 11.9 Å². The third-order valence-corrected chi connectivity index (χ3v) is 1.96. The molecule has 0 aromatic carbocycles. The van der Waals surface area contributed by atoms with Crippen molar-refractivity contribution >= 4 is 5.69 Å². The molecular formula is C10H11FN4. The van der Waals surface area contributed by atoms with Crippen LogP contribution in [0.1, 0.15) is 0 Å². The Morgan fingerprint density at radius 3 is 3.07 bits per heavy atom. The van der Waals surface area contributed by atoms with Gasteiger partial charge >= 0.3 is 0 Å². The molecule has 78 valence electrons. The van der Waals surface area contributed by atoms with Crippen LogP contribution in [0.5, 0.6) is 0 Å². The summed E-state index contributed by atoms with van der Waals surface area (Å²) in [5.74, 6) is -0.473. The van der Waals surface area contributed by atoms with Crippen LogP contribution in [0, 0.1) is 5.95 Å². The number of nitrogens with zero attached hydrogens (tertiary/aromatic N) is 3. The molecule has 1 N–H and O–H groups in total. The average Bonchev–Trinajstić information content (AvgIpc) is 2.71. The van der Waals surface area contributed by atoms with Crippen molar-refractivity contribution in [1.82, 2.24) is 14.8 Å². The maximum atomic E-state index is 12.7. The number of rotatable bonds is 4. The van der Waals surface area contributed by atoms with Crippen LogP contribution in [0.2, 0.25) is 0 Å². The Hall–Kier alpha value is -1.91. The largest absolute Gasteiger partial charge is 0.383 e. The van der Waals surface area contributed by atoms with E-state index >= 15 is 0 Å². The van der Waals surface area contributed by atoms with Crippen molar-refractivity contribution in [2.24, 2.45) is 0 Å². The smallest absolute Gasteiger partial charge is 0.214 e. The average molecular weight is 206 g/mol. The van der Waals surface area contributed by atoms with Crippen LogP contribution >= 0.6 is 0 Å². The fourth-order valence-electron chi connectivity index (χ4n) is 1.26. The normalized spacial score (nSPS) is 10.2. The molecule has 15 heavy (non-hydrogen) atoms. The lowest BCUT2D eigenvalue weighted by Crippen LogP contribution is -2.10. The highest BCUT2D eigenvalue weighted by molar-refractivity contribution is 5.40. The molecule has 2 aromatic rings. The van der Waals surface area contributed by atoms with Gasteiger partial charge in [-0.1, -0.05) is 0 Å². The van der Waals surface area contributed by atoms with Gasteiger partial charge in [0.1, 0.15) is 0 Å². The zero-order valence-electron chi connectivity index (χ0n) is 8.10. The third kappa shape index (κ3) is 2.77. The van der Waals surface area contributed by atoms with E-state index in [9.17, 15) is 4.39 Å². The molecule has 0 aliphatic carbocycles. The Labute approximate surface area is 86.8 Å². The summed E-state index contributed by atoms with van der Waals surface area (Å²) in [5, 5.41) is 7.14. The molecule has 0 aliphatic heterocycles. The molecule has 0 atom stereocenters. The van der Waals surface area contributed by atoms with E-state index in [0.717, 1.165) is 12.2 Å². The molecule has 0 radical (unpaired) electrons. The van der Waals surface area contributed by atoms with Crippen molar-refractivity contribution in [3.63, 3.8) is 0 Å². The molecular weight excluding hydrogens is 195 g/mol. The van der Waals surface area contributed by atoms with Crippen LogP contribution in [0.25, 0.3) is 0 Å². The van der Waals surface area contributed by atoms with Crippen molar-refractivity contribution in [3.05, 3.63) is 42.7 Å². The van der Waals surface area contributed by atoms with Gasteiger partial charge in [0.25, 0.3) is 0 Å². The molecule has 2 aromatic heterocycles. The molecule has 0 saturated carbocycles. The van der Waals surface area contributed by atoms with E-state index in [-0.39, 0.29) is 0 Å². The molecule has 0 aliphatic rings. The monoisotopic (exact) mass is 206 g/mol. The predicted octanol–water partition coefficient (Wildman–Crippen LogP) is 1.53. The topological polar surface area (TPSA) is 42.7 Å². The standard InChI is InChI=1S/C10H11FN4/c11-10-8-9(2-4-13-10)12-5-7-15-6-1-3-14-15/h1-4,6,8H,5,7H2,(H,12,13). The van der Waals surface area contributed by atoms with E-state index in [4.69, 9.17) is 0 Å². The first-order valence-electron chi connectivity index (χ1n) is 4.67. The predicted molar refractivity (Wildman–Crippen MR) is 54.9 cm³/mol. The van der Waals surface area contributed by atoms with E-state index < -0.39 is 5.95 Å². The SMILES string of the molecule is Fc1cc(NCCn2cccn2)ccn1. The van der Waals surface area contributed by atoms with Crippen LogP contribution in [0.15, 0.2) is 36.8 Å². The first-order valence-corrected chi connectivity index (χ1v) is 4.67. The van der Waals surface area contributed by atoms with Crippen LogP contribution < -0.4 is 5.32 Å². The fourth-order valence-corrected chi connectivity index (χ4v) is 1.26. The van der Waals surface area contributed by atoms with Crippen molar-refractivity contribution in [1.29, 1.82) is 0 Å². The molecule has 5 heteroatoms. The summed E-state index contributed by atoms with van der Waals surface area (Å²) < 4.78 is 14.5. The van der Waals surface area contributed by atoms with E-state index in [2.05, 4.69) is 15.4 Å². The van der Waals surface area contributed by atoms with Gasteiger partial charge in [-0.05, 0) is 12.1 Å². The molecule has 2 rings (SSSR count). The highest BCUT2D eigenvalue weighted by Gasteiger charge is 1.95. The minimum Gasteiger partial charge on any atom is -0.383 e. The van der Waals surface area contributed by atoms with E-state index in [1.165, 1.54) is 12.3 Å². The molecule has 4 nitrogen and oxygen atoms in total. The number of hydrogen-bond donors (Lipinski definition) is 1. The second kappa shape index (κ2) is 4.54. The minimum atomic E-state index is -0.473. The Kier molecular flexibility index (Phi) is 2.92. The lowest BCUT2D eigenvalue weighted by molar-refractivity contribution is 0.583. The molecule has 0 unspecified atom stereocenters. The van der Waals surface area contributed by atoms with Gasteiger partial charge in [0, 0.05) is 36.9 Å². The number of halogens is 1. The van der Waals surface area contributed by atoms with Crippen LogP contribution in [-0.4, -0.2) is 21.3 Å². The number of hydrogen-bond acceptors (Lipinski definition) is 3. The van der Waals surface area contributed by atoms with E-state index in [0.29, 0.717) is 6.54 Å². The third-order valence-electron chi connectivity index (χ3n) is 1.96. The molecule has 0 amide bonds. The number of anilines is 1. The summed E-state index contributed by atoms with van der Waals surface area (Å²) >= 11 is 0. The van der Waals surface area contributed by atoms with E-state index in [1.54, 1.807) is 12.3 Å². The highest BCUT2D eigenvalue weighted by atomic mass is 19.1. The second-order valence-electron chi connectivity index (χ2n) is 3.06. The number of aromatic nitrogens is 3. The van der Waals surface area contributed by atoms with Crippen LogP contribution in [0.3, 0.4) is 0 Å². The Balaban J connectivity index is 1.83. The summed E-state index contributed by atoms with van der Waals surface area (Å²) in [6, 6.07) is 4.96. The zero-order chi connectivity index (χ0) is 10.5. The lowest BCUT2D eigenvalue weighted by Gasteiger charge is -2.05. The van der Waals surface area contributed by atoms with Gasteiger partial charge in [-0.15, -0.1) is 0 Å². The van der Waals surface area contributed by atoms with Crippen LogP contribution in [0.4, 0.5) is 10.1 Å². The van der Waals surface area contributed by atoms with Crippen molar-refractivity contribution in [2.45, 2.75) is 6.54 Å². The fraction of sp³-hybridized carbons (Fsp3) is 0.200. The van der Waals surface area contributed by atoms with Crippen molar-refractivity contribution < 1.29 is 4.39 Å². The maximum Gasteiger partial charge on any atom is 0.214 e. The Morgan fingerprint density at radius 1 is 1.40 bits per heavy atom. The molecule has 0 saturated heterocycles. The van der Waals surface area contributed by atoms with Gasteiger partial charge in [0.15, 0.2) is 0 Å².